The molecular weight excluding hydrogens is 305 g/mol. The van der Waals surface area contributed by atoms with Gasteiger partial charge in [0.15, 0.2) is 0 Å². The number of aromatic nitrogens is 1. The maximum Gasteiger partial charge on any atom is 0.0700 e. The molecule has 0 unspecified atom stereocenters. The minimum Gasteiger partial charge on any atom is -0.398 e. The molecule has 21 heavy (non-hydrogen) atoms. The zero-order valence-electron chi connectivity index (χ0n) is 11.1. The summed E-state index contributed by atoms with van der Waals surface area (Å²) < 4.78 is 0. The first-order chi connectivity index (χ1) is 10.2. The van der Waals surface area contributed by atoms with Gasteiger partial charge in [-0.1, -0.05) is 35.3 Å². The second-order valence-corrected chi connectivity index (χ2v) is 5.47. The van der Waals surface area contributed by atoms with E-state index in [-0.39, 0.29) is 0 Å². The first-order valence-electron chi connectivity index (χ1n) is 6.46. The van der Waals surface area contributed by atoms with E-state index in [0.717, 1.165) is 22.0 Å². The number of anilines is 2. The molecule has 0 aliphatic heterocycles. The number of halogens is 2. The highest BCUT2D eigenvalue weighted by atomic mass is 35.5. The topological polar surface area (TPSA) is 50.9 Å². The quantitative estimate of drug-likeness (QED) is 0.686. The minimum absolute atomic E-state index is 0.497. The number of hydrogen-bond donors (Lipinski definition) is 2. The van der Waals surface area contributed by atoms with Crippen molar-refractivity contribution in [1.82, 2.24) is 4.98 Å². The van der Waals surface area contributed by atoms with Crippen molar-refractivity contribution >= 4 is 45.3 Å². The van der Waals surface area contributed by atoms with E-state index in [0.29, 0.717) is 22.3 Å². The number of fused-ring (bicyclic) bond motifs is 1. The first-order valence-corrected chi connectivity index (χ1v) is 7.21. The molecule has 0 saturated carbocycles. The fourth-order valence-electron chi connectivity index (χ4n) is 2.24. The number of pyridine rings is 1. The van der Waals surface area contributed by atoms with Crippen LogP contribution in [-0.4, -0.2) is 4.98 Å². The molecule has 3 N–H and O–H groups in total. The smallest absolute Gasteiger partial charge is 0.0700 e. The Morgan fingerprint density at radius 1 is 1.10 bits per heavy atom. The number of nitrogens with zero attached hydrogens (tertiary/aromatic N) is 1. The van der Waals surface area contributed by atoms with E-state index in [1.54, 1.807) is 18.3 Å². The van der Waals surface area contributed by atoms with Crippen LogP contribution in [0.25, 0.3) is 10.8 Å². The van der Waals surface area contributed by atoms with Gasteiger partial charge in [0, 0.05) is 46.0 Å². The molecule has 5 heteroatoms. The standard InChI is InChI=1S/C16H13Cl2N3/c17-13-4-5-14(19)16(18)12(13)9-21-15-3-1-2-10-8-20-7-6-11(10)15/h1-8,21H,9,19H2. The number of rotatable bonds is 3. The monoisotopic (exact) mass is 317 g/mol. The van der Waals surface area contributed by atoms with Crippen molar-refractivity contribution in [3.63, 3.8) is 0 Å². The average molecular weight is 318 g/mol. The highest BCUT2D eigenvalue weighted by Crippen LogP contribution is 2.31. The third-order valence-electron chi connectivity index (χ3n) is 3.35. The van der Waals surface area contributed by atoms with Crippen LogP contribution in [0.3, 0.4) is 0 Å². The van der Waals surface area contributed by atoms with Gasteiger partial charge in [-0.3, -0.25) is 4.98 Å². The molecule has 3 rings (SSSR count). The lowest BCUT2D eigenvalue weighted by atomic mass is 10.1. The lowest BCUT2D eigenvalue weighted by Crippen LogP contribution is -2.03. The lowest BCUT2D eigenvalue weighted by molar-refractivity contribution is 1.16. The number of nitrogens with two attached hydrogens (primary N) is 1. The number of nitrogen functional groups attached to an aromatic ring is 1. The fourth-order valence-corrected chi connectivity index (χ4v) is 2.74. The molecule has 0 aliphatic carbocycles. The molecule has 0 amide bonds. The second kappa shape index (κ2) is 5.80. The van der Waals surface area contributed by atoms with Gasteiger partial charge < -0.3 is 11.1 Å². The first kappa shape index (κ1) is 14.0. The van der Waals surface area contributed by atoms with Crippen LogP contribution in [0.1, 0.15) is 5.56 Å². The zero-order chi connectivity index (χ0) is 14.8. The van der Waals surface area contributed by atoms with Gasteiger partial charge in [0.2, 0.25) is 0 Å². The van der Waals surface area contributed by atoms with Crippen molar-refractivity contribution in [3.8, 4) is 0 Å². The summed E-state index contributed by atoms with van der Waals surface area (Å²) in [7, 11) is 0. The van der Waals surface area contributed by atoms with Crippen molar-refractivity contribution < 1.29 is 0 Å². The van der Waals surface area contributed by atoms with Crippen molar-refractivity contribution in [2.24, 2.45) is 0 Å². The van der Waals surface area contributed by atoms with Gasteiger partial charge in [0.1, 0.15) is 0 Å². The fraction of sp³-hybridized carbons (Fsp3) is 0.0625. The van der Waals surface area contributed by atoms with Gasteiger partial charge in [-0.25, -0.2) is 0 Å². The van der Waals surface area contributed by atoms with Gasteiger partial charge in [-0.2, -0.15) is 0 Å². The van der Waals surface area contributed by atoms with Crippen molar-refractivity contribution in [2.45, 2.75) is 6.54 Å². The Balaban J connectivity index is 1.93. The summed E-state index contributed by atoms with van der Waals surface area (Å²) in [6.45, 7) is 0.504. The number of benzene rings is 2. The SMILES string of the molecule is Nc1ccc(Cl)c(CNc2cccc3cnccc23)c1Cl. The van der Waals surface area contributed by atoms with E-state index in [2.05, 4.69) is 10.3 Å². The summed E-state index contributed by atoms with van der Waals surface area (Å²) in [5.74, 6) is 0. The van der Waals surface area contributed by atoms with Crippen LogP contribution in [0, 0.1) is 0 Å². The lowest BCUT2D eigenvalue weighted by Gasteiger charge is -2.13. The van der Waals surface area contributed by atoms with Crippen LogP contribution < -0.4 is 11.1 Å². The van der Waals surface area contributed by atoms with Gasteiger partial charge >= 0.3 is 0 Å². The Bertz CT molecular complexity index is 797. The third-order valence-corrected chi connectivity index (χ3v) is 4.15. The van der Waals surface area contributed by atoms with Crippen LogP contribution in [0.2, 0.25) is 10.0 Å². The summed E-state index contributed by atoms with van der Waals surface area (Å²) in [6, 6.07) is 11.4. The van der Waals surface area contributed by atoms with Crippen LogP contribution in [0.15, 0.2) is 48.8 Å². The minimum atomic E-state index is 0.497. The molecule has 0 spiro atoms. The van der Waals surface area contributed by atoms with Crippen LogP contribution in [0.4, 0.5) is 11.4 Å². The van der Waals surface area contributed by atoms with E-state index in [9.17, 15) is 0 Å². The highest BCUT2D eigenvalue weighted by molar-refractivity contribution is 6.37. The third kappa shape index (κ3) is 2.75. The van der Waals surface area contributed by atoms with Gasteiger partial charge in [0.05, 0.1) is 10.7 Å². The molecule has 0 saturated heterocycles. The molecule has 0 radical (unpaired) electrons. The molecule has 2 aromatic carbocycles. The Morgan fingerprint density at radius 3 is 2.81 bits per heavy atom. The van der Waals surface area contributed by atoms with E-state index < -0.39 is 0 Å². The number of hydrogen-bond acceptors (Lipinski definition) is 3. The summed E-state index contributed by atoms with van der Waals surface area (Å²) in [5.41, 5.74) is 8.15. The average Bonchev–Trinajstić information content (AvgIpc) is 2.51. The summed E-state index contributed by atoms with van der Waals surface area (Å²) in [4.78, 5) is 4.13. The molecular formula is C16H13Cl2N3. The van der Waals surface area contributed by atoms with E-state index in [1.807, 2.05) is 30.5 Å². The van der Waals surface area contributed by atoms with Gasteiger partial charge in [-0.05, 0) is 24.3 Å². The van der Waals surface area contributed by atoms with E-state index >= 15 is 0 Å². The van der Waals surface area contributed by atoms with E-state index in [1.165, 1.54) is 0 Å². The molecule has 106 valence electrons. The largest absolute Gasteiger partial charge is 0.398 e. The van der Waals surface area contributed by atoms with Crippen LogP contribution in [-0.2, 0) is 6.54 Å². The second-order valence-electron chi connectivity index (χ2n) is 4.69. The maximum absolute atomic E-state index is 6.22. The van der Waals surface area contributed by atoms with Crippen molar-refractivity contribution in [2.75, 3.05) is 11.1 Å². The van der Waals surface area contributed by atoms with Crippen molar-refractivity contribution in [1.29, 1.82) is 0 Å². The molecule has 0 bridgehead atoms. The molecule has 1 aromatic heterocycles. The summed E-state index contributed by atoms with van der Waals surface area (Å²) in [6.07, 6.45) is 3.61. The number of nitrogens with one attached hydrogen (secondary N) is 1. The van der Waals surface area contributed by atoms with Crippen molar-refractivity contribution in [3.05, 3.63) is 64.4 Å². The van der Waals surface area contributed by atoms with Crippen LogP contribution >= 0.6 is 23.2 Å². The molecule has 0 atom stereocenters. The molecule has 1 heterocycles. The molecule has 0 fully saturated rings. The van der Waals surface area contributed by atoms with Crippen LogP contribution in [0.5, 0.6) is 0 Å². The van der Waals surface area contributed by atoms with Gasteiger partial charge in [0.25, 0.3) is 0 Å². The highest BCUT2D eigenvalue weighted by Gasteiger charge is 2.09. The summed E-state index contributed by atoms with van der Waals surface area (Å²) >= 11 is 12.4. The Labute approximate surface area is 132 Å². The van der Waals surface area contributed by atoms with E-state index in [4.69, 9.17) is 28.9 Å². The maximum atomic E-state index is 6.22. The summed E-state index contributed by atoms with van der Waals surface area (Å²) in [5, 5.41) is 6.64. The molecule has 3 aromatic rings. The zero-order valence-corrected chi connectivity index (χ0v) is 12.6. The van der Waals surface area contributed by atoms with Gasteiger partial charge in [-0.15, -0.1) is 0 Å². The normalized spacial score (nSPS) is 10.8. The Kier molecular flexibility index (Phi) is 3.86. The predicted octanol–water partition coefficient (Wildman–Crippen LogP) is 4.74. The predicted molar refractivity (Wildman–Crippen MR) is 89.9 cm³/mol. The molecule has 0 aliphatic rings. The molecule has 3 nitrogen and oxygen atoms in total. The Hall–Kier alpha value is -1.97. The Morgan fingerprint density at radius 2 is 1.95 bits per heavy atom.